The predicted octanol–water partition coefficient (Wildman–Crippen LogP) is 2.86. The Morgan fingerprint density at radius 3 is 2.24 bits per heavy atom. The lowest BCUT2D eigenvalue weighted by Gasteiger charge is -2.34. The van der Waals surface area contributed by atoms with Gasteiger partial charge in [0, 0.05) is 57.9 Å². The van der Waals surface area contributed by atoms with E-state index in [-0.39, 0.29) is 49.4 Å². The van der Waals surface area contributed by atoms with Gasteiger partial charge in [-0.3, -0.25) is 4.79 Å². The quantitative estimate of drug-likeness (QED) is 0.472. The number of carbonyl (C=O) groups is 2. The number of halogens is 1. The first kappa shape index (κ1) is 26.3. The molecule has 2 aromatic carbocycles. The third-order valence-corrected chi connectivity index (χ3v) is 9.69. The number of anilines is 1. The third-order valence-electron chi connectivity index (χ3n) is 6.70. The Kier molecular flexibility index (Phi) is 7.50. The maximum Gasteiger partial charge on any atom is 0.409 e. The van der Waals surface area contributed by atoms with Crippen LogP contribution in [-0.2, 0) is 14.8 Å². The van der Waals surface area contributed by atoms with Gasteiger partial charge >= 0.3 is 6.09 Å². The summed E-state index contributed by atoms with van der Waals surface area (Å²) in [6.07, 6.45) is -0.442. The molecule has 0 saturated carbocycles. The van der Waals surface area contributed by atoms with Crippen LogP contribution >= 0.6 is 11.3 Å². The van der Waals surface area contributed by atoms with Crippen molar-refractivity contribution in [2.24, 2.45) is 0 Å². The molecule has 202 valence electrons. The Bertz CT molecular complexity index is 1430. The second-order valence-electron chi connectivity index (χ2n) is 8.98. The molecule has 0 bridgehead atoms. The van der Waals surface area contributed by atoms with Crippen LogP contribution in [0, 0.1) is 5.82 Å². The SMILES string of the molecule is CCOC(=O)N1CCN(S(=O)(=O)c2ccc(C(=O)N3CCN(c4nc5c(F)cccc5s4)CC3)cc2)CC1. The van der Waals surface area contributed by atoms with E-state index in [0.29, 0.717) is 37.3 Å². The molecule has 3 aromatic rings. The number of thiazole rings is 1. The van der Waals surface area contributed by atoms with Crippen LogP contribution in [0.25, 0.3) is 10.2 Å². The molecule has 0 spiro atoms. The molecule has 2 saturated heterocycles. The van der Waals surface area contributed by atoms with E-state index in [1.165, 1.54) is 50.9 Å². The maximum atomic E-state index is 14.0. The van der Waals surface area contributed by atoms with Gasteiger partial charge in [0.15, 0.2) is 5.13 Å². The molecule has 1 aromatic heterocycles. The normalized spacial score (nSPS) is 17.2. The van der Waals surface area contributed by atoms with Gasteiger partial charge in [-0.25, -0.2) is 22.6 Å². The van der Waals surface area contributed by atoms with Gasteiger partial charge in [0.2, 0.25) is 10.0 Å². The van der Waals surface area contributed by atoms with Gasteiger partial charge in [0.05, 0.1) is 16.2 Å². The van der Waals surface area contributed by atoms with Crippen LogP contribution in [0.15, 0.2) is 47.4 Å². The minimum absolute atomic E-state index is 0.103. The molecule has 0 radical (unpaired) electrons. The van der Waals surface area contributed by atoms with Gasteiger partial charge in [-0.1, -0.05) is 17.4 Å². The zero-order valence-electron chi connectivity index (χ0n) is 20.9. The molecule has 2 aliphatic rings. The van der Waals surface area contributed by atoms with Crippen molar-refractivity contribution in [1.82, 2.24) is 19.1 Å². The first-order chi connectivity index (χ1) is 18.3. The number of sulfonamides is 1. The number of hydrogen-bond donors (Lipinski definition) is 0. The lowest BCUT2D eigenvalue weighted by atomic mass is 10.2. The van der Waals surface area contributed by atoms with Gasteiger partial charge < -0.3 is 19.4 Å². The van der Waals surface area contributed by atoms with Crippen LogP contribution in [0.4, 0.5) is 14.3 Å². The number of ether oxygens (including phenoxy) is 1. The number of aromatic nitrogens is 1. The maximum absolute atomic E-state index is 14.0. The minimum Gasteiger partial charge on any atom is -0.450 e. The Morgan fingerprint density at radius 1 is 0.947 bits per heavy atom. The van der Waals surface area contributed by atoms with Crippen LogP contribution in [0.2, 0.25) is 0 Å². The lowest BCUT2D eigenvalue weighted by Crippen LogP contribution is -2.50. The summed E-state index contributed by atoms with van der Waals surface area (Å²) in [5, 5.41) is 0.731. The van der Waals surface area contributed by atoms with E-state index in [2.05, 4.69) is 4.98 Å². The molecule has 2 aliphatic heterocycles. The van der Waals surface area contributed by atoms with Crippen molar-refractivity contribution in [2.45, 2.75) is 11.8 Å². The Balaban J connectivity index is 1.18. The number of nitrogens with zero attached hydrogens (tertiary/aromatic N) is 5. The summed E-state index contributed by atoms with van der Waals surface area (Å²) in [6, 6.07) is 10.9. The number of hydrogen-bond acceptors (Lipinski definition) is 8. The first-order valence-electron chi connectivity index (χ1n) is 12.4. The van der Waals surface area contributed by atoms with Crippen molar-refractivity contribution in [3.63, 3.8) is 0 Å². The van der Waals surface area contributed by atoms with Crippen LogP contribution in [0.5, 0.6) is 0 Å². The molecule has 0 N–H and O–H groups in total. The van der Waals surface area contributed by atoms with Crippen LogP contribution < -0.4 is 4.90 Å². The van der Waals surface area contributed by atoms with Gasteiger partial charge in [0.1, 0.15) is 11.3 Å². The van der Waals surface area contributed by atoms with Gasteiger partial charge in [-0.05, 0) is 43.3 Å². The van der Waals surface area contributed by atoms with Crippen molar-refractivity contribution >= 4 is 48.7 Å². The second kappa shape index (κ2) is 10.8. The van der Waals surface area contributed by atoms with Crippen LogP contribution in [-0.4, -0.2) is 98.5 Å². The molecule has 2 fully saturated rings. The first-order valence-corrected chi connectivity index (χ1v) is 14.6. The zero-order valence-corrected chi connectivity index (χ0v) is 22.5. The number of rotatable bonds is 5. The highest BCUT2D eigenvalue weighted by atomic mass is 32.2. The summed E-state index contributed by atoms with van der Waals surface area (Å²) in [5.74, 6) is -0.518. The van der Waals surface area contributed by atoms with Gasteiger partial charge in [0.25, 0.3) is 5.91 Å². The van der Waals surface area contributed by atoms with E-state index >= 15 is 0 Å². The fourth-order valence-corrected chi connectivity index (χ4v) is 7.02. The smallest absolute Gasteiger partial charge is 0.409 e. The molecule has 10 nitrogen and oxygen atoms in total. The molecule has 0 atom stereocenters. The summed E-state index contributed by atoms with van der Waals surface area (Å²) in [4.78, 5) is 34.8. The Hall–Kier alpha value is -3.29. The summed E-state index contributed by atoms with van der Waals surface area (Å²) < 4.78 is 47.3. The van der Waals surface area contributed by atoms with E-state index in [1.807, 2.05) is 11.0 Å². The average Bonchev–Trinajstić information content (AvgIpc) is 3.39. The zero-order chi connectivity index (χ0) is 26.9. The standard InChI is InChI=1S/C25H28FN5O5S2/c1-2-36-25(33)30-14-16-31(17-15-30)38(34,35)19-8-6-18(7-9-19)23(32)28-10-12-29(13-11-28)24-27-22-20(26)4-3-5-21(22)37-24/h3-9H,2,10-17H2,1H3. The predicted molar refractivity (Wildman–Crippen MR) is 141 cm³/mol. The van der Waals surface area contributed by atoms with E-state index in [0.717, 1.165) is 9.83 Å². The fourth-order valence-electron chi connectivity index (χ4n) is 4.57. The van der Waals surface area contributed by atoms with Gasteiger partial charge in [-0.2, -0.15) is 4.31 Å². The van der Waals surface area contributed by atoms with Crippen molar-refractivity contribution in [1.29, 1.82) is 0 Å². The highest BCUT2D eigenvalue weighted by Crippen LogP contribution is 2.31. The van der Waals surface area contributed by atoms with Crippen molar-refractivity contribution in [3.8, 4) is 0 Å². The molecule has 3 heterocycles. The Labute approximate surface area is 224 Å². The molecule has 38 heavy (non-hydrogen) atoms. The number of carbonyl (C=O) groups excluding carboxylic acids is 2. The van der Waals surface area contributed by atoms with Crippen molar-refractivity contribution < 1.29 is 27.1 Å². The largest absolute Gasteiger partial charge is 0.450 e. The van der Waals surface area contributed by atoms with Gasteiger partial charge in [-0.15, -0.1) is 0 Å². The monoisotopic (exact) mass is 561 g/mol. The summed E-state index contributed by atoms with van der Waals surface area (Å²) in [6.45, 7) is 4.93. The Morgan fingerprint density at radius 2 is 1.61 bits per heavy atom. The van der Waals surface area contributed by atoms with Crippen molar-refractivity contribution in [3.05, 3.63) is 53.8 Å². The van der Waals surface area contributed by atoms with E-state index in [9.17, 15) is 22.4 Å². The number of piperazine rings is 2. The lowest BCUT2D eigenvalue weighted by molar-refractivity contribution is 0.0746. The van der Waals surface area contributed by atoms with E-state index in [1.54, 1.807) is 17.9 Å². The highest BCUT2D eigenvalue weighted by Gasteiger charge is 2.31. The van der Waals surface area contributed by atoms with E-state index in [4.69, 9.17) is 4.74 Å². The molecular weight excluding hydrogens is 533 g/mol. The molecular formula is C25H28FN5O5S2. The second-order valence-corrected chi connectivity index (χ2v) is 11.9. The third kappa shape index (κ3) is 5.18. The topological polar surface area (TPSA) is 103 Å². The molecule has 5 rings (SSSR count). The number of benzene rings is 2. The molecule has 13 heteroatoms. The number of fused-ring (bicyclic) bond motifs is 1. The summed E-state index contributed by atoms with van der Waals surface area (Å²) in [7, 11) is -3.75. The molecule has 0 aliphatic carbocycles. The molecule has 0 unspecified atom stereocenters. The van der Waals surface area contributed by atoms with E-state index < -0.39 is 16.1 Å². The molecule has 2 amide bonds. The van der Waals surface area contributed by atoms with Crippen LogP contribution in [0.3, 0.4) is 0 Å². The summed E-state index contributed by atoms with van der Waals surface area (Å²) >= 11 is 1.43. The van der Waals surface area contributed by atoms with Crippen LogP contribution in [0.1, 0.15) is 17.3 Å². The number of para-hydroxylation sites is 1. The minimum atomic E-state index is -3.75. The van der Waals surface area contributed by atoms with Crippen molar-refractivity contribution in [2.75, 3.05) is 63.9 Å². The highest BCUT2D eigenvalue weighted by molar-refractivity contribution is 7.89. The fraction of sp³-hybridized carbons (Fsp3) is 0.400. The number of amides is 2. The summed E-state index contributed by atoms with van der Waals surface area (Å²) in [5.41, 5.74) is 0.772. The average molecular weight is 562 g/mol.